The lowest BCUT2D eigenvalue weighted by molar-refractivity contribution is 0.402. The molecular weight excluding hydrogens is 318 g/mol. The summed E-state index contributed by atoms with van der Waals surface area (Å²) in [5, 5.41) is 7.69. The van der Waals surface area contributed by atoms with Crippen LogP contribution in [-0.2, 0) is 19.6 Å². The molecule has 130 valence electrons. The maximum Gasteiger partial charge on any atom is 0.191 e. The number of hydrogen-bond acceptors (Lipinski definition) is 4. The molecule has 0 aliphatic heterocycles. The second kappa shape index (κ2) is 9.39. The van der Waals surface area contributed by atoms with Crippen molar-refractivity contribution in [2.75, 3.05) is 20.6 Å². The summed E-state index contributed by atoms with van der Waals surface area (Å²) in [6.07, 6.45) is 1.90. The molecule has 6 heteroatoms. The van der Waals surface area contributed by atoms with Crippen molar-refractivity contribution in [3.63, 3.8) is 0 Å². The predicted molar refractivity (Wildman–Crippen MR) is 102 cm³/mol. The Balaban J connectivity index is 1.92. The molecule has 24 heavy (non-hydrogen) atoms. The van der Waals surface area contributed by atoms with E-state index in [9.17, 15) is 0 Å². The van der Waals surface area contributed by atoms with Crippen molar-refractivity contribution in [2.24, 2.45) is 4.99 Å². The Kier molecular flexibility index (Phi) is 7.21. The van der Waals surface area contributed by atoms with E-state index in [1.165, 1.54) is 16.0 Å². The van der Waals surface area contributed by atoms with Gasteiger partial charge in [-0.3, -0.25) is 0 Å². The number of hydrogen-bond donors (Lipinski definition) is 2. The number of aliphatic imine (C=N–C) groups is 1. The molecule has 1 aromatic carbocycles. The number of aromatic nitrogens is 1. The van der Waals surface area contributed by atoms with E-state index >= 15 is 0 Å². The first-order valence-electron chi connectivity index (χ1n) is 8.23. The van der Waals surface area contributed by atoms with Crippen molar-refractivity contribution < 1.29 is 0 Å². The third-order valence-corrected chi connectivity index (χ3v) is 4.27. The van der Waals surface area contributed by atoms with Gasteiger partial charge in [0.05, 0.1) is 13.1 Å². The Morgan fingerprint density at radius 1 is 1.17 bits per heavy atom. The monoisotopic (exact) mass is 345 g/mol. The Morgan fingerprint density at radius 3 is 2.46 bits per heavy atom. The molecule has 0 amide bonds. The summed E-state index contributed by atoms with van der Waals surface area (Å²) >= 11 is 1.71. The van der Waals surface area contributed by atoms with Gasteiger partial charge in [-0.1, -0.05) is 24.3 Å². The minimum atomic E-state index is 0.661. The van der Waals surface area contributed by atoms with Gasteiger partial charge in [0.2, 0.25) is 0 Å². The number of benzene rings is 1. The number of aryl methyl sites for hydroxylation is 1. The lowest BCUT2D eigenvalue weighted by Gasteiger charge is -2.11. The van der Waals surface area contributed by atoms with Crippen LogP contribution >= 0.6 is 11.3 Å². The van der Waals surface area contributed by atoms with Crippen LogP contribution in [0, 0.1) is 6.92 Å². The molecule has 5 nitrogen and oxygen atoms in total. The number of nitrogens with zero attached hydrogens (tertiary/aromatic N) is 3. The van der Waals surface area contributed by atoms with E-state index in [-0.39, 0.29) is 0 Å². The molecule has 0 aliphatic rings. The molecule has 0 unspecified atom stereocenters. The third-order valence-electron chi connectivity index (χ3n) is 3.36. The first-order valence-corrected chi connectivity index (χ1v) is 9.04. The normalized spacial score (nSPS) is 11.8. The summed E-state index contributed by atoms with van der Waals surface area (Å²) in [6.45, 7) is 7.30. The second-order valence-corrected chi connectivity index (χ2v) is 7.29. The molecule has 2 N–H and O–H groups in total. The zero-order chi connectivity index (χ0) is 17.4. The molecule has 0 fully saturated rings. The Morgan fingerprint density at radius 2 is 1.88 bits per heavy atom. The smallest absolute Gasteiger partial charge is 0.191 e. The fourth-order valence-corrected chi connectivity index (χ4v) is 3.00. The van der Waals surface area contributed by atoms with E-state index in [2.05, 4.69) is 77.7 Å². The summed E-state index contributed by atoms with van der Waals surface area (Å²) < 4.78 is 0. The molecule has 2 rings (SSSR count). The topological polar surface area (TPSA) is 52.6 Å². The van der Waals surface area contributed by atoms with E-state index in [0.717, 1.165) is 24.1 Å². The van der Waals surface area contributed by atoms with E-state index < -0.39 is 0 Å². The highest BCUT2D eigenvalue weighted by atomic mass is 32.1. The van der Waals surface area contributed by atoms with Crippen LogP contribution in [0.15, 0.2) is 35.5 Å². The standard InChI is InChI=1S/C18H27N5S/c1-5-19-18(22-12-17-20-10-14(2)24-17)21-11-15-6-8-16(9-7-15)13-23(3)4/h6-10H,5,11-13H2,1-4H3,(H2,19,21,22). The average Bonchev–Trinajstić information content (AvgIpc) is 2.96. The fourth-order valence-electron chi connectivity index (χ4n) is 2.27. The van der Waals surface area contributed by atoms with E-state index in [0.29, 0.717) is 13.1 Å². The highest BCUT2D eigenvalue weighted by Crippen LogP contribution is 2.10. The van der Waals surface area contributed by atoms with Crippen molar-refractivity contribution >= 4 is 17.3 Å². The van der Waals surface area contributed by atoms with Crippen LogP contribution < -0.4 is 10.6 Å². The van der Waals surface area contributed by atoms with Crippen LogP contribution in [0.1, 0.15) is 27.9 Å². The summed E-state index contributed by atoms with van der Waals surface area (Å²) in [7, 11) is 4.16. The van der Waals surface area contributed by atoms with E-state index in [4.69, 9.17) is 0 Å². The highest BCUT2D eigenvalue weighted by molar-refractivity contribution is 7.11. The number of thiazole rings is 1. The Hall–Kier alpha value is -1.92. The lowest BCUT2D eigenvalue weighted by Crippen LogP contribution is -2.36. The number of rotatable bonds is 7. The van der Waals surface area contributed by atoms with Gasteiger partial charge in [0.25, 0.3) is 0 Å². The molecule has 0 radical (unpaired) electrons. The van der Waals surface area contributed by atoms with E-state index in [1.807, 2.05) is 6.20 Å². The van der Waals surface area contributed by atoms with Gasteiger partial charge in [0, 0.05) is 24.2 Å². The molecule has 0 saturated heterocycles. The van der Waals surface area contributed by atoms with Gasteiger partial charge in [-0.25, -0.2) is 9.98 Å². The van der Waals surface area contributed by atoms with Crippen molar-refractivity contribution in [1.29, 1.82) is 0 Å². The minimum Gasteiger partial charge on any atom is -0.357 e. The summed E-state index contributed by atoms with van der Waals surface area (Å²) in [6, 6.07) is 8.64. The van der Waals surface area contributed by atoms with Gasteiger partial charge in [-0.15, -0.1) is 11.3 Å². The molecular formula is C18H27N5S. The fraction of sp³-hybridized carbons (Fsp3) is 0.444. The Labute approximate surface area is 148 Å². The minimum absolute atomic E-state index is 0.661. The number of nitrogens with one attached hydrogen (secondary N) is 2. The third kappa shape index (κ3) is 6.29. The second-order valence-electron chi connectivity index (χ2n) is 5.97. The van der Waals surface area contributed by atoms with Gasteiger partial charge >= 0.3 is 0 Å². The molecule has 0 spiro atoms. The van der Waals surface area contributed by atoms with Crippen LogP contribution in [0.3, 0.4) is 0 Å². The number of guanidine groups is 1. The molecule has 1 heterocycles. The van der Waals surface area contributed by atoms with Gasteiger partial charge < -0.3 is 15.5 Å². The predicted octanol–water partition coefficient (Wildman–Crippen LogP) is 2.77. The van der Waals surface area contributed by atoms with E-state index in [1.54, 1.807) is 11.3 Å². The quantitative estimate of drug-likeness (QED) is 0.598. The maximum atomic E-state index is 4.66. The molecule has 1 aromatic heterocycles. The van der Waals surface area contributed by atoms with Gasteiger partial charge in [-0.05, 0) is 39.1 Å². The molecule has 2 aromatic rings. The molecule has 0 aliphatic carbocycles. The summed E-state index contributed by atoms with van der Waals surface area (Å²) in [5.74, 6) is 0.822. The van der Waals surface area contributed by atoms with Gasteiger partial charge in [0.1, 0.15) is 5.01 Å². The summed E-state index contributed by atoms with van der Waals surface area (Å²) in [5.41, 5.74) is 2.52. The maximum absolute atomic E-state index is 4.66. The zero-order valence-electron chi connectivity index (χ0n) is 15.0. The molecule has 0 bridgehead atoms. The first-order chi connectivity index (χ1) is 11.6. The highest BCUT2D eigenvalue weighted by Gasteiger charge is 2.02. The lowest BCUT2D eigenvalue weighted by atomic mass is 10.1. The van der Waals surface area contributed by atoms with Crippen molar-refractivity contribution in [3.8, 4) is 0 Å². The molecule has 0 atom stereocenters. The van der Waals surface area contributed by atoms with Crippen molar-refractivity contribution in [2.45, 2.75) is 33.5 Å². The van der Waals surface area contributed by atoms with Gasteiger partial charge in [0.15, 0.2) is 5.96 Å². The van der Waals surface area contributed by atoms with Gasteiger partial charge in [-0.2, -0.15) is 0 Å². The van der Waals surface area contributed by atoms with Crippen LogP contribution in [0.2, 0.25) is 0 Å². The first kappa shape index (κ1) is 18.4. The largest absolute Gasteiger partial charge is 0.357 e. The van der Waals surface area contributed by atoms with Crippen molar-refractivity contribution in [3.05, 3.63) is 51.5 Å². The molecule has 0 saturated carbocycles. The van der Waals surface area contributed by atoms with Crippen LogP contribution in [0.4, 0.5) is 0 Å². The van der Waals surface area contributed by atoms with Crippen LogP contribution in [-0.4, -0.2) is 36.5 Å². The Bertz CT molecular complexity index is 646. The average molecular weight is 346 g/mol. The van der Waals surface area contributed by atoms with Crippen molar-refractivity contribution in [1.82, 2.24) is 20.5 Å². The zero-order valence-corrected chi connectivity index (χ0v) is 15.8. The SMILES string of the molecule is CCNC(=NCc1ccc(CN(C)C)cc1)NCc1ncc(C)s1. The summed E-state index contributed by atoms with van der Waals surface area (Å²) in [4.78, 5) is 12.4. The van der Waals surface area contributed by atoms with Crippen LogP contribution in [0.5, 0.6) is 0 Å². The van der Waals surface area contributed by atoms with Crippen LogP contribution in [0.25, 0.3) is 0 Å².